The zero-order chi connectivity index (χ0) is 19.2. The molecule has 0 aliphatic carbocycles. The monoisotopic (exact) mass is 364 g/mol. The van der Waals surface area contributed by atoms with Gasteiger partial charge in [0.15, 0.2) is 0 Å². The number of benzene rings is 3. The molecule has 0 bridgehead atoms. The van der Waals surface area contributed by atoms with Crippen molar-refractivity contribution in [1.82, 2.24) is 9.97 Å². The Bertz CT molecular complexity index is 971. The van der Waals surface area contributed by atoms with Gasteiger partial charge in [-0.2, -0.15) is 0 Å². The first-order valence-corrected chi connectivity index (χ1v) is 9.19. The van der Waals surface area contributed by atoms with Crippen LogP contribution < -0.4 is 0 Å². The van der Waals surface area contributed by atoms with E-state index in [0.717, 1.165) is 34.5 Å². The van der Waals surface area contributed by atoms with Crippen LogP contribution in [0, 0.1) is 0 Å². The average molecular weight is 364 g/mol. The van der Waals surface area contributed by atoms with Crippen molar-refractivity contribution in [2.75, 3.05) is 0 Å². The van der Waals surface area contributed by atoms with E-state index in [0.29, 0.717) is 0 Å². The fraction of sp³-hybridized carbons (Fsp3) is 0.0400. The van der Waals surface area contributed by atoms with E-state index in [1.54, 1.807) is 12.3 Å². The molecule has 0 aliphatic heterocycles. The van der Waals surface area contributed by atoms with Crippen LogP contribution in [0.4, 0.5) is 0 Å². The number of allylic oxidation sites excluding steroid dienone is 1. The maximum Gasteiger partial charge on any atom is 0.142 e. The molecular formula is C25H20N2O. The Kier molecular flexibility index (Phi) is 4.98. The van der Waals surface area contributed by atoms with Crippen LogP contribution in [-0.2, 0) is 10.2 Å². The molecule has 0 unspecified atom stereocenters. The SMILES string of the molecule is O=CC=Cc1cnc(C(c2ccccc2)(c2ccccc2)c2ccccc2)[nH]1. The summed E-state index contributed by atoms with van der Waals surface area (Å²) in [5.74, 6) is 0.807. The van der Waals surface area contributed by atoms with Crippen LogP contribution in [0.25, 0.3) is 6.08 Å². The zero-order valence-corrected chi connectivity index (χ0v) is 15.3. The van der Waals surface area contributed by atoms with Crippen LogP contribution in [0.5, 0.6) is 0 Å². The predicted molar refractivity (Wildman–Crippen MR) is 112 cm³/mol. The van der Waals surface area contributed by atoms with Crippen LogP contribution in [0.2, 0.25) is 0 Å². The fourth-order valence-corrected chi connectivity index (χ4v) is 3.73. The number of aromatic nitrogens is 2. The number of rotatable bonds is 6. The fourth-order valence-electron chi connectivity index (χ4n) is 3.73. The summed E-state index contributed by atoms with van der Waals surface area (Å²) in [5.41, 5.74) is 3.54. The molecule has 4 rings (SSSR count). The molecule has 1 N–H and O–H groups in total. The van der Waals surface area contributed by atoms with E-state index in [4.69, 9.17) is 4.98 Å². The topological polar surface area (TPSA) is 45.8 Å². The summed E-state index contributed by atoms with van der Waals surface area (Å²) in [4.78, 5) is 18.9. The second-order valence-corrected chi connectivity index (χ2v) is 6.53. The number of nitrogens with zero attached hydrogens (tertiary/aromatic N) is 1. The lowest BCUT2D eigenvalue weighted by molar-refractivity contribution is -0.104. The summed E-state index contributed by atoms with van der Waals surface area (Å²) >= 11 is 0. The normalized spacial score (nSPS) is 11.6. The van der Waals surface area contributed by atoms with Crippen LogP contribution in [-0.4, -0.2) is 16.3 Å². The van der Waals surface area contributed by atoms with Crippen molar-refractivity contribution in [1.29, 1.82) is 0 Å². The van der Waals surface area contributed by atoms with Gasteiger partial charge in [0, 0.05) is 0 Å². The quantitative estimate of drug-likeness (QED) is 0.297. The molecule has 0 fully saturated rings. The first-order chi connectivity index (χ1) is 13.9. The Morgan fingerprint density at radius 1 is 0.714 bits per heavy atom. The Morgan fingerprint density at radius 2 is 1.18 bits per heavy atom. The molecule has 0 amide bonds. The van der Waals surface area contributed by atoms with Gasteiger partial charge >= 0.3 is 0 Å². The molecule has 0 spiro atoms. The average Bonchev–Trinajstić information content (AvgIpc) is 3.24. The van der Waals surface area contributed by atoms with Crippen LogP contribution >= 0.6 is 0 Å². The molecular weight excluding hydrogens is 344 g/mol. The van der Waals surface area contributed by atoms with Gasteiger partial charge in [0.05, 0.1) is 11.9 Å². The highest BCUT2D eigenvalue weighted by Gasteiger charge is 2.40. The molecule has 3 aromatic carbocycles. The van der Waals surface area contributed by atoms with E-state index in [1.165, 1.54) is 6.08 Å². The number of H-pyrrole nitrogens is 1. The van der Waals surface area contributed by atoms with Gasteiger partial charge in [0.2, 0.25) is 0 Å². The maximum atomic E-state index is 10.7. The number of carbonyl (C=O) groups is 1. The number of imidazole rings is 1. The predicted octanol–water partition coefficient (Wildman–Crippen LogP) is 5.00. The smallest absolute Gasteiger partial charge is 0.142 e. The lowest BCUT2D eigenvalue weighted by atomic mass is 9.69. The van der Waals surface area contributed by atoms with E-state index in [9.17, 15) is 4.79 Å². The number of carbonyl (C=O) groups excluding carboxylic acids is 1. The highest BCUT2D eigenvalue weighted by Crippen LogP contribution is 2.43. The molecule has 28 heavy (non-hydrogen) atoms. The second-order valence-electron chi connectivity index (χ2n) is 6.53. The Balaban J connectivity index is 2.06. The minimum Gasteiger partial charge on any atom is -0.341 e. The van der Waals surface area contributed by atoms with Crippen molar-refractivity contribution in [3.05, 3.63) is 131 Å². The van der Waals surface area contributed by atoms with Gasteiger partial charge in [0.1, 0.15) is 17.5 Å². The van der Waals surface area contributed by atoms with Crippen molar-refractivity contribution in [2.24, 2.45) is 0 Å². The molecule has 136 valence electrons. The lowest BCUT2D eigenvalue weighted by Gasteiger charge is -2.34. The molecule has 0 saturated heterocycles. The van der Waals surface area contributed by atoms with Crippen molar-refractivity contribution >= 4 is 12.4 Å². The molecule has 0 atom stereocenters. The Morgan fingerprint density at radius 3 is 1.61 bits per heavy atom. The van der Waals surface area contributed by atoms with E-state index in [1.807, 2.05) is 54.6 Å². The second kappa shape index (κ2) is 7.89. The van der Waals surface area contributed by atoms with Gasteiger partial charge in [-0.1, -0.05) is 91.0 Å². The summed E-state index contributed by atoms with van der Waals surface area (Å²) in [7, 11) is 0. The maximum absolute atomic E-state index is 10.7. The highest BCUT2D eigenvalue weighted by atomic mass is 16.1. The summed E-state index contributed by atoms with van der Waals surface area (Å²) in [6.45, 7) is 0. The van der Waals surface area contributed by atoms with E-state index < -0.39 is 5.41 Å². The van der Waals surface area contributed by atoms with Crippen molar-refractivity contribution < 1.29 is 4.79 Å². The number of hydrogen-bond donors (Lipinski definition) is 1. The highest BCUT2D eigenvalue weighted by molar-refractivity contribution is 5.73. The van der Waals surface area contributed by atoms with E-state index >= 15 is 0 Å². The number of nitrogens with one attached hydrogen (secondary N) is 1. The molecule has 1 heterocycles. The molecule has 3 heteroatoms. The van der Waals surface area contributed by atoms with Gasteiger partial charge in [0.25, 0.3) is 0 Å². The van der Waals surface area contributed by atoms with Crippen LogP contribution in [0.1, 0.15) is 28.2 Å². The minimum atomic E-state index is -0.600. The summed E-state index contributed by atoms with van der Waals surface area (Å²) < 4.78 is 0. The largest absolute Gasteiger partial charge is 0.341 e. The third-order valence-electron chi connectivity index (χ3n) is 4.93. The molecule has 4 aromatic rings. The van der Waals surface area contributed by atoms with Crippen molar-refractivity contribution in [3.63, 3.8) is 0 Å². The van der Waals surface area contributed by atoms with E-state index in [-0.39, 0.29) is 0 Å². The van der Waals surface area contributed by atoms with Gasteiger partial charge < -0.3 is 4.98 Å². The van der Waals surface area contributed by atoms with Gasteiger partial charge in [-0.3, -0.25) is 4.79 Å². The van der Waals surface area contributed by atoms with Gasteiger partial charge in [-0.15, -0.1) is 0 Å². The number of hydrogen-bond acceptors (Lipinski definition) is 2. The minimum absolute atomic E-state index is 0.600. The van der Waals surface area contributed by atoms with Gasteiger partial charge in [-0.25, -0.2) is 4.98 Å². The summed E-state index contributed by atoms with van der Waals surface area (Å²) in [6.07, 6.45) is 5.72. The van der Waals surface area contributed by atoms with Crippen LogP contribution in [0.3, 0.4) is 0 Å². The summed E-state index contributed by atoms with van der Waals surface area (Å²) in [6, 6.07) is 31.1. The number of aromatic amines is 1. The molecule has 0 aliphatic rings. The molecule has 0 saturated carbocycles. The third kappa shape index (κ3) is 3.08. The Hall–Kier alpha value is -3.72. The third-order valence-corrected chi connectivity index (χ3v) is 4.93. The molecule has 0 radical (unpaired) electrons. The molecule has 1 aromatic heterocycles. The lowest BCUT2D eigenvalue weighted by Crippen LogP contribution is -2.32. The standard InChI is InChI=1S/C25H20N2O/c28-18-10-17-23-19-26-24(27-23)25(20-11-4-1-5-12-20,21-13-6-2-7-14-21)22-15-8-3-9-16-22/h1-19H,(H,26,27). The number of aldehydes is 1. The summed E-state index contributed by atoms with van der Waals surface area (Å²) in [5, 5.41) is 0. The van der Waals surface area contributed by atoms with Gasteiger partial charge in [-0.05, 0) is 28.8 Å². The Labute approximate surface area is 164 Å². The van der Waals surface area contributed by atoms with Crippen molar-refractivity contribution in [3.8, 4) is 0 Å². The first-order valence-electron chi connectivity index (χ1n) is 9.19. The van der Waals surface area contributed by atoms with Crippen molar-refractivity contribution in [2.45, 2.75) is 5.41 Å². The van der Waals surface area contributed by atoms with E-state index in [2.05, 4.69) is 41.4 Å². The zero-order valence-electron chi connectivity index (χ0n) is 15.3. The van der Waals surface area contributed by atoms with Crippen LogP contribution in [0.15, 0.2) is 103 Å². The first kappa shape index (κ1) is 17.7. The molecule has 3 nitrogen and oxygen atoms in total.